The van der Waals surface area contributed by atoms with Gasteiger partial charge in [-0.25, -0.2) is 0 Å². The summed E-state index contributed by atoms with van der Waals surface area (Å²) in [6, 6.07) is 7.27. The molecule has 20 heavy (non-hydrogen) atoms. The minimum absolute atomic E-state index is 0.0145. The Labute approximate surface area is 119 Å². The average Bonchev–Trinajstić information content (AvgIpc) is 2.45. The van der Waals surface area contributed by atoms with Crippen LogP contribution in [0.3, 0.4) is 0 Å². The van der Waals surface area contributed by atoms with Crippen LogP contribution in [0.4, 0.5) is 0 Å². The monoisotopic (exact) mass is 274 g/mol. The summed E-state index contributed by atoms with van der Waals surface area (Å²) in [7, 11) is 0. The molecule has 3 rings (SSSR count). The largest absolute Gasteiger partial charge is 0.508 e. The zero-order valence-electron chi connectivity index (χ0n) is 12.1. The van der Waals surface area contributed by atoms with Crippen molar-refractivity contribution in [2.24, 2.45) is 10.8 Å². The van der Waals surface area contributed by atoms with Crippen molar-refractivity contribution >= 4 is 0 Å². The van der Waals surface area contributed by atoms with Gasteiger partial charge in [-0.15, -0.1) is 0 Å². The number of hydrogen-bond acceptors (Lipinski definition) is 3. The number of hydrogen-bond donors (Lipinski definition) is 2. The number of aromatic hydroxyl groups is 1. The van der Waals surface area contributed by atoms with Gasteiger partial charge in [0, 0.05) is 10.8 Å². The fourth-order valence-electron chi connectivity index (χ4n) is 3.73. The summed E-state index contributed by atoms with van der Waals surface area (Å²) in [6.07, 6.45) is 4.09. The number of phenols is 1. The number of aliphatic hydroxyl groups is 1. The number of allylic oxidation sites excluding steroid dienone is 1. The standard InChI is InChI=1S/C17H22O3/c1-12-7-8-17(10-18)9-16(12,2)15(20-11-17)13-3-5-14(19)6-4-13/h3-7,15,18-19H,8-11H2,1-2H3/t15-,16+,17+/m0/s1. The zero-order valence-corrected chi connectivity index (χ0v) is 12.1. The molecule has 0 radical (unpaired) electrons. The quantitative estimate of drug-likeness (QED) is 0.814. The van der Waals surface area contributed by atoms with Crippen molar-refractivity contribution in [1.29, 1.82) is 0 Å². The van der Waals surface area contributed by atoms with Crippen LogP contribution in [0.25, 0.3) is 0 Å². The van der Waals surface area contributed by atoms with Gasteiger partial charge in [-0.3, -0.25) is 0 Å². The highest BCUT2D eigenvalue weighted by Gasteiger charge is 2.51. The third kappa shape index (κ3) is 1.97. The Bertz CT molecular complexity index is 534. The number of ether oxygens (including phenoxy) is 1. The molecule has 0 saturated carbocycles. The van der Waals surface area contributed by atoms with Crippen molar-refractivity contribution in [1.82, 2.24) is 0 Å². The number of phenolic OH excluding ortho intramolecular Hbond substituents is 1. The summed E-state index contributed by atoms with van der Waals surface area (Å²) >= 11 is 0. The lowest BCUT2D eigenvalue weighted by Gasteiger charge is -2.53. The Kier molecular flexibility index (Phi) is 3.14. The van der Waals surface area contributed by atoms with Crippen molar-refractivity contribution in [3.63, 3.8) is 0 Å². The van der Waals surface area contributed by atoms with Crippen LogP contribution in [0.1, 0.15) is 38.4 Å². The highest BCUT2D eigenvalue weighted by molar-refractivity contribution is 5.33. The van der Waals surface area contributed by atoms with Crippen molar-refractivity contribution < 1.29 is 14.9 Å². The lowest BCUT2D eigenvalue weighted by Crippen LogP contribution is -2.48. The van der Waals surface area contributed by atoms with Gasteiger partial charge in [-0.1, -0.05) is 30.7 Å². The Morgan fingerprint density at radius 2 is 2.00 bits per heavy atom. The van der Waals surface area contributed by atoms with Crippen LogP contribution in [0.15, 0.2) is 35.9 Å². The van der Waals surface area contributed by atoms with E-state index in [1.165, 1.54) is 5.57 Å². The molecule has 108 valence electrons. The molecule has 2 bridgehead atoms. The maximum Gasteiger partial charge on any atom is 0.115 e. The molecule has 0 amide bonds. The van der Waals surface area contributed by atoms with Crippen molar-refractivity contribution in [2.75, 3.05) is 13.2 Å². The van der Waals surface area contributed by atoms with Crippen molar-refractivity contribution in [2.45, 2.75) is 32.8 Å². The molecule has 1 aliphatic carbocycles. The molecule has 3 atom stereocenters. The van der Waals surface area contributed by atoms with E-state index in [0.29, 0.717) is 6.61 Å². The molecular formula is C17H22O3. The Balaban J connectivity index is 2.00. The van der Waals surface area contributed by atoms with Crippen LogP contribution in [0.5, 0.6) is 5.75 Å². The van der Waals surface area contributed by atoms with Crippen LogP contribution in [-0.4, -0.2) is 23.4 Å². The van der Waals surface area contributed by atoms with E-state index in [0.717, 1.165) is 18.4 Å². The van der Waals surface area contributed by atoms with Crippen molar-refractivity contribution in [3.8, 4) is 5.75 Å². The van der Waals surface area contributed by atoms with Gasteiger partial charge in [0.15, 0.2) is 0 Å². The molecule has 2 aliphatic rings. The van der Waals surface area contributed by atoms with E-state index < -0.39 is 0 Å². The van der Waals surface area contributed by atoms with E-state index in [1.807, 2.05) is 12.1 Å². The first-order chi connectivity index (χ1) is 9.49. The van der Waals surface area contributed by atoms with Gasteiger partial charge in [-0.05, 0) is 37.5 Å². The predicted octanol–water partition coefficient (Wildman–Crippen LogP) is 3.19. The second-order valence-electron chi connectivity index (χ2n) is 6.63. The lowest BCUT2D eigenvalue weighted by atomic mass is 9.58. The molecular weight excluding hydrogens is 252 g/mol. The molecule has 1 fully saturated rings. The third-order valence-corrected chi connectivity index (χ3v) is 5.15. The van der Waals surface area contributed by atoms with Crippen LogP contribution in [0.2, 0.25) is 0 Å². The molecule has 1 saturated heterocycles. The lowest BCUT2D eigenvalue weighted by molar-refractivity contribution is -0.149. The average molecular weight is 274 g/mol. The number of rotatable bonds is 2. The Morgan fingerprint density at radius 1 is 1.30 bits per heavy atom. The number of aliphatic hydroxyl groups excluding tert-OH is 1. The fraction of sp³-hybridized carbons (Fsp3) is 0.529. The van der Waals surface area contributed by atoms with Gasteiger partial charge in [0.2, 0.25) is 0 Å². The molecule has 3 nitrogen and oxygen atoms in total. The van der Waals surface area contributed by atoms with Gasteiger partial charge in [0.05, 0.1) is 19.3 Å². The van der Waals surface area contributed by atoms with Crippen LogP contribution >= 0.6 is 0 Å². The van der Waals surface area contributed by atoms with E-state index in [-0.39, 0.29) is 29.3 Å². The smallest absolute Gasteiger partial charge is 0.115 e. The molecule has 0 spiro atoms. The van der Waals surface area contributed by atoms with Crippen LogP contribution < -0.4 is 0 Å². The predicted molar refractivity (Wildman–Crippen MR) is 77.4 cm³/mol. The number of fused-ring (bicyclic) bond motifs is 2. The topological polar surface area (TPSA) is 49.7 Å². The first-order valence-corrected chi connectivity index (χ1v) is 7.18. The highest BCUT2D eigenvalue weighted by atomic mass is 16.5. The molecule has 1 heterocycles. The van der Waals surface area contributed by atoms with Gasteiger partial charge < -0.3 is 14.9 Å². The molecule has 1 aromatic rings. The Hall–Kier alpha value is -1.32. The maximum atomic E-state index is 9.74. The van der Waals surface area contributed by atoms with Crippen molar-refractivity contribution in [3.05, 3.63) is 41.5 Å². The van der Waals surface area contributed by atoms with Gasteiger partial charge >= 0.3 is 0 Å². The second-order valence-corrected chi connectivity index (χ2v) is 6.63. The molecule has 1 aliphatic heterocycles. The molecule has 3 heteroatoms. The van der Waals surface area contributed by atoms with E-state index >= 15 is 0 Å². The summed E-state index contributed by atoms with van der Waals surface area (Å²) in [6.45, 7) is 5.14. The van der Waals surface area contributed by atoms with Gasteiger partial charge in [0.25, 0.3) is 0 Å². The summed E-state index contributed by atoms with van der Waals surface area (Å²) in [5.41, 5.74) is 2.21. The first-order valence-electron chi connectivity index (χ1n) is 7.18. The molecule has 0 aromatic heterocycles. The van der Waals surface area contributed by atoms with E-state index in [1.54, 1.807) is 12.1 Å². The summed E-state index contributed by atoms with van der Waals surface area (Å²) in [5.74, 6) is 0.273. The third-order valence-electron chi connectivity index (χ3n) is 5.15. The summed E-state index contributed by atoms with van der Waals surface area (Å²) in [4.78, 5) is 0. The summed E-state index contributed by atoms with van der Waals surface area (Å²) in [5, 5.41) is 19.2. The summed E-state index contributed by atoms with van der Waals surface area (Å²) < 4.78 is 6.16. The molecule has 2 N–H and O–H groups in total. The molecule has 0 unspecified atom stereocenters. The fourth-order valence-corrected chi connectivity index (χ4v) is 3.73. The first kappa shape index (κ1) is 13.7. The van der Waals surface area contributed by atoms with E-state index in [9.17, 15) is 10.2 Å². The zero-order chi connectivity index (χ0) is 14.4. The number of benzene rings is 1. The van der Waals surface area contributed by atoms with E-state index in [4.69, 9.17) is 4.74 Å². The SMILES string of the molecule is CC1=CC[C@@]2(CO)CO[C@@H](c3ccc(O)cc3)[C@]1(C)C2. The maximum absolute atomic E-state index is 9.74. The van der Waals surface area contributed by atoms with Crippen LogP contribution in [-0.2, 0) is 4.74 Å². The van der Waals surface area contributed by atoms with Crippen LogP contribution in [0, 0.1) is 10.8 Å². The molecule has 1 aromatic carbocycles. The van der Waals surface area contributed by atoms with Gasteiger partial charge in [0.1, 0.15) is 5.75 Å². The minimum atomic E-state index is -0.123. The minimum Gasteiger partial charge on any atom is -0.508 e. The van der Waals surface area contributed by atoms with E-state index in [2.05, 4.69) is 19.9 Å². The van der Waals surface area contributed by atoms with Gasteiger partial charge in [-0.2, -0.15) is 0 Å². The highest BCUT2D eigenvalue weighted by Crippen LogP contribution is 2.57. The normalized spacial score (nSPS) is 36.5. The Morgan fingerprint density at radius 3 is 2.65 bits per heavy atom. The second kappa shape index (κ2) is 4.61.